The summed E-state index contributed by atoms with van der Waals surface area (Å²) in [5, 5.41) is 41.4. The summed E-state index contributed by atoms with van der Waals surface area (Å²) < 4.78 is 0. The van der Waals surface area contributed by atoms with E-state index < -0.39 is 60.1 Å². The van der Waals surface area contributed by atoms with E-state index in [0.717, 1.165) is 28.8 Å². The van der Waals surface area contributed by atoms with E-state index in [0.29, 0.717) is 32.1 Å². The molecule has 0 aliphatic heterocycles. The van der Waals surface area contributed by atoms with Crippen LogP contribution in [0.2, 0.25) is 0 Å². The third-order valence-electron chi connectivity index (χ3n) is 4.75. The first-order valence-corrected chi connectivity index (χ1v) is 20.2. The molecular formula is C25H55N5O10S5. The van der Waals surface area contributed by atoms with Gasteiger partial charge in [0.15, 0.2) is 0 Å². The Kier molecular flexibility index (Phi) is 46.4. The third kappa shape index (κ3) is 47.4. The Labute approximate surface area is 288 Å². The van der Waals surface area contributed by atoms with Crippen molar-refractivity contribution in [3.8, 4) is 0 Å². The highest BCUT2D eigenvalue weighted by molar-refractivity contribution is 7.99. The number of nitrogens with two attached hydrogens (primary N) is 5. The van der Waals surface area contributed by atoms with Crippen LogP contribution in [0.4, 0.5) is 0 Å². The zero-order valence-electron chi connectivity index (χ0n) is 26.7. The molecule has 0 aliphatic carbocycles. The highest BCUT2D eigenvalue weighted by Crippen LogP contribution is 2.00. The third-order valence-corrected chi connectivity index (χ3v) is 7.97. The molecule has 0 radical (unpaired) electrons. The molecule has 0 fully saturated rings. The molecule has 0 heterocycles. The van der Waals surface area contributed by atoms with E-state index in [1.165, 1.54) is 0 Å². The molecule has 45 heavy (non-hydrogen) atoms. The molecule has 5 unspecified atom stereocenters. The zero-order chi connectivity index (χ0) is 36.4. The number of hydrogen-bond donors (Lipinski definition) is 10. The minimum absolute atomic E-state index is 0.552. The van der Waals surface area contributed by atoms with Gasteiger partial charge in [0.05, 0.1) is 0 Å². The number of rotatable bonds is 20. The summed E-state index contributed by atoms with van der Waals surface area (Å²) in [6.45, 7) is 0. The van der Waals surface area contributed by atoms with Gasteiger partial charge in [0.25, 0.3) is 0 Å². The van der Waals surface area contributed by atoms with Gasteiger partial charge in [-0.2, -0.15) is 58.8 Å². The molecule has 0 amide bonds. The predicted molar refractivity (Wildman–Crippen MR) is 193 cm³/mol. The number of carboxylic acid groups (broad SMARTS) is 5. The van der Waals surface area contributed by atoms with Crippen LogP contribution in [0.15, 0.2) is 0 Å². The van der Waals surface area contributed by atoms with Gasteiger partial charge in [0.2, 0.25) is 0 Å². The van der Waals surface area contributed by atoms with Gasteiger partial charge in [-0.15, -0.1) is 0 Å². The molecule has 5 atom stereocenters. The number of thioether (sulfide) groups is 5. The summed E-state index contributed by atoms with van der Waals surface area (Å²) in [4.78, 5) is 50.4. The van der Waals surface area contributed by atoms with Crippen LogP contribution in [0.3, 0.4) is 0 Å². The van der Waals surface area contributed by atoms with E-state index in [1.54, 1.807) is 58.8 Å². The van der Waals surface area contributed by atoms with Crippen LogP contribution in [0.1, 0.15) is 32.1 Å². The molecule has 0 bridgehead atoms. The maximum atomic E-state index is 10.1. The van der Waals surface area contributed by atoms with Crippen molar-refractivity contribution >= 4 is 88.7 Å². The van der Waals surface area contributed by atoms with Crippen molar-refractivity contribution in [3.05, 3.63) is 0 Å². The fourth-order valence-electron chi connectivity index (χ4n) is 1.84. The molecular weight excluding hydrogens is 691 g/mol. The van der Waals surface area contributed by atoms with Gasteiger partial charge in [-0.25, -0.2) is 0 Å². The smallest absolute Gasteiger partial charge is 0.320 e. The summed E-state index contributed by atoms with van der Waals surface area (Å²) in [5.74, 6) is -0.500. The Morgan fingerprint density at radius 1 is 0.378 bits per heavy atom. The van der Waals surface area contributed by atoms with Gasteiger partial charge in [-0.1, -0.05) is 0 Å². The molecule has 0 saturated carbocycles. The van der Waals surface area contributed by atoms with Crippen LogP contribution in [-0.4, -0.2) is 146 Å². The molecule has 0 aromatic heterocycles. The highest BCUT2D eigenvalue weighted by atomic mass is 32.2. The molecule has 270 valence electrons. The fraction of sp³-hybridized carbons (Fsp3) is 0.800. The molecule has 0 aromatic rings. The van der Waals surface area contributed by atoms with E-state index in [1.807, 2.05) is 31.3 Å². The number of carbonyl (C=O) groups is 5. The van der Waals surface area contributed by atoms with Crippen molar-refractivity contribution in [1.82, 2.24) is 0 Å². The van der Waals surface area contributed by atoms with Gasteiger partial charge in [0, 0.05) is 0 Å². The standard InChI is InChI=1S/5C5H11NO2S/c5*1-9-3-2-4(6)5(7)8/h5*4H,2-3,6H2,1H3,(H,7,8). The Bertz CT molecular complexity index is 624. The number of hydrogen-bond acceptors (Lipinski definition) is 15. The first kappa shape index (κ1) is 53.4. The van der Waals surface area contributed by atoms with Crippen LogP contribution < -0.4 is 28.7 Å². The normalized spacial score (nSPS) is 13.1. The lowest BCUT2D eigenvalue weighted by Gasteiger charge is -2.02. The quantitative estimate of drug-likeness (QED) is 0.0822. The maximum absolute atomic E-state index is 10.1. The van der Waals surface area contributed by atoms with Crippen LogP contribution in [0.5, 0.6) is 0 Å². The van der Waals surface area contributed by atoms with E-state index >= 15 is 0 Å². The zero-order valence-corrected chi connectivity index (χ0v) is 30.7. The Balaban J connectivity index is -0.000000148. The van der Waals surface area contributed by atoms with E-state index in [-0.39, 0.29) is 0 Å². The highest BCUT2D eigenvalue weighted by Gasteiger charge is 2.11. The van der Waals surface area contributed by atoms with Gasteiger partial charge in [0.1, 0.15) is 30.2 Å². The first-order chi connectivity index (χ1) is 20.9. The summed E-state index contributed by atoms with van der Waals surface area (Å²) in [6.07, 6.45) is 12.4. The van der Waals surface area contributed by atoms with Crippen LogP contribution in [0, 0.1) is 0 Å². The second-order valence-corrected chi connectivity index (χ2v) is 13.6. The molecule has 0 aromatic carbocycles. The molecule has 0 saturated heterocycles. The van der Waals surface area contributed by atoms with E-state index in [4.69, 9.17) is 54.2 Å². The molecule has 20 heteroatoms. The Morgan fingerprint density at radius 3 is 0.556 bits per heavy atom. The Morgan fingerprint density at radius 2 is 0.489 bits per heavy atom. The van der Waals surface area contributed by atoms with Gasteiger partial charge in [-0.3, -0.25) is 24.0 Å². The average molecular weight is 746 g/mol. The van der Waals surface area contributed by atoms with Crippen molar-refractivity contribution < 1.29 is 49.5 Å². The minimum Gasteiger partial charge on any atom is -0.480 e. The maximum Gasteiger partial charge on any atom is 0.320 e. The van der Waals surface area contributed by atoms with Crippen molar-refractivity contribution in [2.75, 3.05) is 60.0 Å². The summed E-state index contributed by atoms with van der Waals surface area (Å²) in [6, 6.07) is -3.41. The number of carboxylic acids is 5. The van der Waals surface area contributed by atoms with Gasteiger partial charge >= 0.3 is 29.8 Å². The first-order valence-electron chi connectivity index (χ1n) is 13.3. The van der Waals surface area contributed by atoms with Crippen LogP contribution >= 0.6 is 58.8 Å². The average Bonchev–Trinajstić information content (AvgIpc) is 2.99. The molecule has 0 rings (SSSR count). The summed E-state index contributed by atoms with van der Waals surface area (Å²) >= 11 is 8.02. The lowest BCUT2D eigenvalue weighted by molar-refractivity contribution is -0.139. The summed E-state index contributed by atoms with van der Waals surface area (Å²) in [7, 11) is 0. The lowest BCUT2D eigenvalue weighted by atomic mass is 10.2. The van der Waals surface area contributed by atoms with Crippen LogP contribution in [-0.2, 0) is 24.0 Å². The molecule has 0 spiro atoms. The van der Waals surface area contributed by atoms with Crippen molar-refractivity contribution in [3.63, 3.8) is 0 Å². The number of aliphatic carboxylic acids is 5. The van der Waals surface area contributed by atoms with Gasteiger partial charge in [-0.05, 0) is 92.1 Å². The Hall–Kier alpha value is -1.10. The fourth-order valence-corrected chi connectivity index (χ4v) is 4.29. The predicted octanol–water partition coefficient (Wildman–Crippen LogP) is 0.757. The molecule has 15 N–H and O–H groups in total. The largest absolute Gasteiger partial charge is 0.480 e. The molecule has 15 nitrogen and oxygen atoms in total. The van der Waals surface area contributed by atoms with Crippen molar-refractivity contribution in [2.24, 2.45) is 28.7 Å². The lowest BCUT2D eigenvalue weighted by Crippen LogP contribution is -2.30. The second kappa shape index (κ2) is 39.1. The van der Waals surface area contributed by atoms with E-state index in [9.17, 15) is 24.0 Å². The van der Waals surface area contributed by atoms with Crippen molar-refractivity contribution in [2.45, 2.75) is 62.3 Å². The monoisotopic (exact) mass is 745 g/mol. The second-order valence-electron chi connectivity index (χ2n) is 8.63. The topological polar surface area (TPSA) is 317 Å². The SMILES string of the molecule is CSCCC(N)C(=O)O.CSCCC(N)C(=O)O.CSCCC(N)C(=O)O.CSCCC(N)C(=O)O.CSCCC(N)C(=O)O. The van der Waals surface area contributed by atoms with Crippen molar-refractivity contribution in [1.29, 1.82) is 0 Å². The van der Waals surface area contributed by atoms with Gasteiger partial charge < -0.3 is 54.2 Å². The minimum atomic E-state index is -0.913. The van der Waals surface area contributed by atoms with Crippen LogP contribution in [0.25, 0.3) is 0 Å². The molecule has 0 aliphatic rings. The van der Waals surface area contributed by atoms with E-state index in [2.05, 4.69) is 0 Å². The summed E-state index contributed by atoms with van der Waals surface area (Å²) in [5.41, 5.74) is 25.9.